The molecular weight excluding hydrogens is 1420 g/mol. The first-order valence-electron chi connectivity index (χ1n) is 39.3. The van der Waals surface area contributed by atoms with Crippen molar-refractivity contribution in [1.82, 2.24) is 0 Å². The van der Waals surface area contributed by atoms with Gasteiger partial charge in [-0.25, -0.2) is 0 Å². The molecule has 0 aromatic heterocycles. The highest BCUT2D eigenvalue weighted by molar-refractivity contribution is 5.69. The fourth-order valence-corrected chi connectivity index (χ4v) is 14.1. The summed E-state index contributed by atoms with van der Waals surface area (Å²) in [4.78, 5) is 15.5. The Morgan fingerprint density at radius 3 is 0.973 bits per heavy atom. The lowest BCUT2D eigenvalue weighted by Crippen LogP contribution is -2.68. The number of azide groups is 1. The molecule has 0 bridgehead atoms. The molecule has 20 heteroatoms. The van der Waals surface area contributed by atoms with Gasteiger partial charge in [-0.15, -0.1) is 0 Å². The molecule has 3 aliphatic heterocycles. The third kappa shape index (κ3) is 26.1. The van der Waals surface area contributed by atoms with Gasteiger partial charge in [-0.2, -0.15) is 0 Å². The average molecular weight is 1520 g/mol. The van der Waals surface area contributed by atoms with Crippen LogP contribution in [0, 0.1) is 0 Å². The second kappa shape index (κ2) is 46.4. The van der Waals surface area contributed by atoms with Crippen LogP contribution in [0.4, 0.5) is 0 Å². The van der Waals surface area contributed by atoms with Gasteiger partial charge < -0.3 is 75.8 Å². The molecule has 3 heterocycles. The number of unbranched alkanes of at least 4 members (excludes halogenated alkanes) is 5. The van der Waals surface area contributed by atoms with Gasteiger partial charge in [-0.1, -0.05) is 304 Å². The highest BCUT2D eigenvalue weighted by atomic mass is 16.8. The van der Waals surface area contributed by atoms with E-state index in [1.165, 1.54) is 0 Å². The number of carbonyl (C=O) groups excluding carboxylic acids is 1. The summed E-state index contributed by atoms with van der Waals surface area (Å²) < 4.78 is 114. The fraction of sp³-hybridized carbons (Fsp3) is 0.402. The predicted molar refractivity (Wildman–Crippen MR) is 422 cm³/mol. The van der Waals surface area contributed by atoms with Crippen molar-refractivity contribution in [3.05, 3.63) is 334 Å². The van der Waals surface area contributed by atoms with Crippen LogP contribution in [-0.4, -0.2) is 131 Å². The Kier molecular flexibility index (Phi) is 34.2. The molecule has 12 rings (SSSR count). The van der Waals surface area contributed by atoms with Crippen LogP contribution < -0.4 is 0 Å². The summed E-state index contributed by atoms with van der Waals surface area (Å²) in [6, 6.07) is 88.2. The monoisotopic (exact) mass is 1520 g/mol. The summed E-state index contributed by atoms with van der Waals surface area (Å²) in [6.45, 7) is 3.81. The van der Waals surface area contributed by atoms with Crippen molar-refractivity contribution < 1.29 is 80.6 Å². The molecule has 20 nitrogen and oxygen atoms in total. The molecule has 0 N–H and O–H groups in total. The average Bonchev–Trinajstić information content (AvgIpc) is 0.762. The number of ether oxygens (including phenoxy) is 16. The van der Waals surface area contributed by atoms with E-state index in [1.54, 1.807) is 0 Å². The van der Waals surface area contributed by atoms with Gasteiger partial charge >= 0.3 is 5.97 Å². The number of hydrogen-bond acceptors (Lipinski definition) is 18. The van der Waals surface area contributed by atoms with Gasteiger partial charge in [-0.05, 0) is 75.4 Å². The zero-order valence-electron chi connectivity index (χ0n) is 63.8. The molecule has 0 unspecified atom stereocenters. The van der Waals surface area contributed by atoms with Gasteiger partial charge in [0.15, 0.2) is 18.9 Å². The molecule has 112 heavy (non-hydrogen) atoms. The zero-order chi connectivity index (χ0) is 76.8. The maximum Gasteiger partial charge on any atom is 0.305 e. The Bertz CT molecular complexity index is 4080. The van der Waals surface area contributed by atoms with Crippen molar-refractivity contribution in [2.45, 2.75) is 203 Å². The van der Waals surface area contributed by atoms with E-state index in [9.17, 15) is 10.3 Å². The van der Waals surface area contributed by atoms with Crippen LogP contribution in [0.25, 0.3) is 10.4 Å². The molecule has 9 aromatic rings. The summed E-state index contributed by atoms with van der Waals surface area (Å²) in [7, 11) is 0. The van der Waals surface area contributed by atoms with Crippen molar-refractivity contribution in [3.8, 4) is 0 Å². The number of benzene rings is 9. The lowest BCUT2D eigenvalue weighted by atomic mass is 9.94. The van der Waals surface area contributed by atoms with E-state index in [-0.39, 0.29) is 91.9 Å². The Morgan fingerprint density at radius 2 is 0.607 bits per heavy atom. The van der Waals surface area contributed by atoms with Crippen LogP contribution in [0.3, 0.4) is 0 Å². The number of nitrogens with zero attached hydrogens (tertiary/aromatic N) is 3. The summed E-state index contributed by atoms with van der Waals surface area (Å²) in [6.07, 6.45) is -9.75. The van der Waals surface area contributed by atoms with Crippen molar-refractivity contribution in [3.63, 3.8) is 0 Å². The van der Waals surface area contributed by atoms with Gasteiger partial charge in [0.05, 0.1) is 85.9 Å². The van der Waals surface area contributed by atoms with Gasteiger partial charge in [0, 0.05) is 17.9 Å². The van der Waals surface area contributed by atoms with E-state index in [1.807, 2.05) is 280 Å². The highest BCUT2D eigenvalue weighted by Gasteiger charge is 2.57. The minimum atomic E-state index is -1.41. The van der Waals surface area contributed by atoms with Crippen molar-refractivity contribution in [2.24, 2.45) is 5.11 Å². The third-order valence-corrected chi connectivity index (χ3v) is 19.8. The van der Waals surface area contributed by atoms with Crippen LogP contribution in [0.15, 0.2) is 278 Å². The second-order valence-corrected chi connectivity index (χ2v) is 28.1. The lowest BCUT2D eigenvalue weighted by Gasteiger charge is -2.51. The summed E-state index contributed by atoms with van der Waals surface area (Å²) >= 11 is 0. The van der Waals surface area contributed by atoms with Gasteiger partial charge in [0.25, 0.3) is 0 Å². The summed E-state index contributed by atoms with van der Waals surface area (Å²) in [5.74, 6) is -0.176. The first-order chi connectivity index (χ1) is 55.4. The highest BCUT2D eigenvalue weighted by Crippen LogP contribution is 2.40. The van der Waals surface area contributed by atoms with Crippen LogP contribution >= 0.6 is 0 Å². The lowest BCUT2D eigenvalue weighted by molar-refractivity contribution is -0.391. The topological polar surface area (TPSA) is 214 Å². The van der Waals surface area contributed by atoms with Crippen LogP contribution in [-0.2, 0) is 140 Å². The molecule has 590 valence electrons. The number of esters is 1. The largest absolute Gasteiger partial charge is 0.466 e. The molecule has 0 aliphatic carbocycles. The Morgan fingerprint density at radius 1 is 0.321 bits per heavy atom. The summed E-state index contributed by atoms with van der Waals surface area (Å²) in [5, 5.41) is 4.50. The van der Waals surface area contributed by atoms with E-state index >= 15 is 0 Å². The molecule has 0 saturated carbocycles. The number of hydrogen-bond donors (Lipinski definition) is 0. The molecular formula is C92H105N3O17. The van der Waals surface area contributed by atoms with Gasteiger partial charge in [0.1, 0.15) is 73.2 Å². The predicted octanol–water partition coefficient (Wildman–Crippen LogP) is 17.1. The minimum absolute atomic E-state index is 0.0341. The van der Waals surface area contributed by atoms with E-state index in [2.05, 4.69) is 10.0 Å². The van der Waals surface area contributed by atoms with E-state index in [4.69, 9.17) is 75.8 Å². The molecule has 3 aliphatic rings. The van der Waals surface area contributed by atoms with Crippen LogP contribution in [0.2, 0.25) is 0 Å². The van der Waals surface area contributed by atoms with E-state index in [0.29, 0.717) is 19.4 Å². The Balaban J connectivity index is 0.970. The van der Waals surface area contributed by atoms with Crippen LogP contribution in [0.5, 0.6) is 0 Å². The molecule has 3 fully saturated rings. The standard InChI is InChI=1S/C92H105N3O17/c1-2-100-80(96)54-34-5-3-4-6-35-55-101-90-81(94-95-93)85(104-61-73-46-26-12-27-47-73)84(79(108-90)67-99-58-70-40-20-9-21-41-70)111-92-89(107-64-76-52-32-15-33-53-76)87(83(103-60-72-44-24-11-25-45-72)78(110-92)66-98-57-69-38-18-8-19-39-69)112-91-88(106-63-75-50-30-14-31-51-75)86(105-62-74-48-28-13-29-49-74)82(102-59-71-42-22-10-23-43-71)77(109-91)65-97-56-68-36-16-7-17-37-68/h7-33,36-53,77-79,81-92H,2-6,34-35,54-67H2,1H3/t77-,78+,79-,81-,82+,83+,84-,85-,86+,87+,88-,89-,90-,91-,92+/m1/s1. The normalized spacial score (nSPS) is 23.7. The van der Waals surface area contributed by atoms with Crippen molar-refractivity contribution in [2.75, 3.05) is 33.0 Å². The quantitative estimate of drug-likeness (QED) is 0.0114. The molecule has 0 radical (unpaired) electrons. The zero-order valence-corrected chi connectivity index (χ0v) is 63.8. The molecule has 9 aromatic carbocycles. The smallest absolute Gasteiger partial charge is 0.305 e. The van der Waals surface area contributed by atoms with E-state index in [0.717, 1.165) is 82.2 Å². The molecule has 0 amide bonds. The third-order valence-electron chi connectivity index (χ3n) is 19.8. The molecule has 3 saturated heterocycles. The first kappa shape index (κ1) is 82.6. The molecule has 0 spiro atoms. The Labute approximate surface area is 658 Å². The maximum absolute atomic E-state index is 12.1. The van der Waals surface area contributed by atoms with Gasteiger partial charge in [0.2, 0.25) is 0 Å². The molecule has 15 atom stereocenters. The first-order valence-corrected chi connectivity index (χ1v) is 39.3. The van der Waals surface area contributed by atoms with Gasteiger partial charge in [-0.3, -0.25) is 4.79 Å². The van der Waals surface area contributed by atoms with Crippen LogP contribution in [0.1, 0.15) is 102 Å². The fourth-order valence-electron chi connectivity index (χ4n) is 14.1. The second-order valence-electron chi connectivity index (χ2n) is 28.1. The van der Waals surface area contributed by atoms with E-state index < -0.39 is 92.1 Å². The minimum Gasteiger partial charge on any atom is -0.466 e. The van der Waals surface area contributed by atoms with Crippen molar-refractivity contribution in [1.29, 1.82) is 0 Å². The number of carbonyl (C=O) groups is 1. The number of rotatable bonds is 46. The SMILES string of the molecule is CCOC(=O)CCCCCCCCO[C@@H]1O[C@H](COCc2ccccc2)[C@@H](O[C@@H]2O[C@@H](COCc3ccccc3)[C@H](OCc3ccccc3)[C@H](O[C@H]3O[C@H](COCc4ccccc4)[C@H](OCc4ccccc4)[C@H](OCc4ccccc4)[C@H]3OCc3ccccc3)[C@H]2OCc2ccccc2)[C@H](OCc2ccccc2)[C@H]1N=[N+]=[N-]. The maximum atomic E-state index is 12.1. The summed E-state index contributed by atoms with van der Waals surface area (Å²) in [5.41, 5.74) is 18.9. The van der Waals surface area contributed by atoms with Crippen molar-refractivity contribution >= 4 is 5.97 Å². The Hall–Kier alpha value is -8.84.